The van der Waals surface area contributed by atoms with Crippen LogP contribution in [0.15, 0.2) is 12.1 Å². The van der Waals surface area contributed by atoms with E-state index in [2.05, 4.69) is 4.74 Å². The average molecular weight is 510 g/mol. The summed E-state index contributed by atoms with van der Waals surface area (Å²) in [6.07, 6.45) is -8.13. The van der Waals surface area contributed by atoms with E-state index in [-0.39, 0.29) is 37.6 Å². The highest BCUT2D eigenvalue weighted by Crippen LogP contribution is 2.47. The van der Waals surface area contributed by atoms with Crippen LogP contribution in [0.2, 0.25) is 0 Å². The SMILES string of the molecule is [B]Cc1cc(C[B])c(OC(=O)C2CC(C)(C)CC2C(=O)OC(CS(=O)(=O)O)C(F)(F)F)c(C[B])c1. The summed E-state index contributed by atoms with van der Waals surface area (Å²) >= 11 is 0. The fraction of sp³-hybridized carbons (Fsp3) is 0.619. The molecule has 1 aliphatic carbocycles. The van der Waals surface area contributed by atoms with Crippen molar-refractivity contribution in [1.82, 2.24) is 0 Å². The average Bonchev–Trinajstić information content (AvgIpc) is 3.07. The molecule has 7 nitrogen and oxygen atoms in total. The molecule has 6 radical (unpaired) electrons. The highest BCUT2D eigenvalue weighted by molar-refractivity contribution is 7.85. The second kappa shape index (κ2) is 11.0. The summed E-state index contributed by atoms with van der Waals surface area (Å²) in [5.41, 5.74) is 0.930. The molecule has 3 atom stereocenters. The number of hydrogen-bond donors (Lipinski definition) is 1. The van der Waals surface area contributed by atoms with Crippen LogP contribution in [-0.2, 0) is 43.4 Å². The Morgan fingerprint density at radius 1 is 1.06 bits per heavy atom. The third-order valence-electron chi connectivity index (χ3n) is 5.80. The van der Waals surface area contributed by atoms with Crippen LogP contribution in [-0.4, -0.2) is 66.5 Å². The number of ether oxygens (including phenoxy) is 2. The minimum atomic E-state index is -5.26. The minimum absolute atomic E-state index is 0.0122. The number of rotatable bonds is 9. The molecule has 1 N–H and O–H groups in total. The fourth-order valence-electron chi connectivity index (χ4n) is 4.22. The molecule has 1 saturated carbocycles. The van der Waals surface area contributed by atoms with Gasteiger partial charge in [0.1, 0.15) is 11.5 Å². The normalized spacial score (nSPS) is 20.9. The van der Waals surface area contributed by atoms with Crippen molar-refractivity contribution in [2.75, 3.05) is 5.75 Å². The first-order chi connectivity index (χ1) is 16.0. The molecule has 1 aliphatic rings. The lowest BCUT2D eigenvalue weighted by Crippen LogP contribution is -2.42. The molecule has 2 rings (SSSR count). The summed E-state index contributed by atoms with van der Waals surface area (Å²) in [5.74, 6) is -6.59. The number of carbonyl (C=O) groups excluding carboxylic acids is 2. The van der Waals surface area contributed by atoms with Crippen molar-refractivity contribution in [3.63, 3.8) is 0 Å². The van der Waals surface area contributed by atoms with Crippen molar-refractivity contribution >= 4 is 45.6 Å². The maximum atomic E-state index is 13.2. The van der Waals surface area contributed by atoms with Crippen LogP contribution >= 0.6 is 0 Å². The van der Waals surface area contributed by atoms with Gasteiger partial charge >= 0.3 is 18.1 Å². The van der Waals surface area contributed by atoms with Gasteiger partial charge in [0.25, 0.3) is 10.1 Å². The van der Waals surface area contributed by atoms with E-state index in [4.69, 9.17) is 32.8 Å². The Bertz CT molecular complexity index is 1040. The van der Waals surface area contributed by atoms with Gasteiger partial charge in [-0.25, -0.2) is 0 Å². The third-order valence-corrected chi connectivity index (χ3v) is 6.53. The van der Waals surface area contributed by atoms with Crippen molar-refractivity contribution in [3.05, 3.63) is 28.8 Å². The Morgan fingerprint density at radius 3 is 1.94 bits per heavy atom. The number of esters is 2. The number of carbonyl (C=O) groups is 2. The zero-order valence-corrected chi connectivity index (χ0v) is 20.1. The summed E-state index contributed by atoms with van der Waals surface area (Å²) in [6.45, 7) is 3.43. The van der Waals surface area contributed by atoms with E-state index in [1.54, 1.807) is 26.0 Å². The summed E-state index contributed by atoms with van der Waals surface area (Å²) in [7, 11) is 12.1. The first kappa shape index (κ1) is 29.3. The van der Waals surface area contributed by atoms with Crippen LogP contribution in [0.1, 0.15) is 43.4 Å². The molecule has 0 spiro atoms. The Kier molecular flexibility index (Phi) is 9.19. The van der Waals surface area contributed by atoms with Crippen LogP contribution in [0.3, 0.4) is 0 Å². The van der Waals surface area contributed by atoms with Gasteiger partial charge < -0.3 is 9.47 Å². The topological polar surface area (TPSA) is 107 Å². The molecule has 0 aromatic heterocycles. The number of benzene rings is 1. The molecule has 1 aromatic carbocycles. The summed E-state index contributed by atoms with van der Waals surface area (Å²) in [5, 5.41) is 0. The smallest absolute Gasteiger partial charge is 0.426 e. The van der Waals surface area contributed by atoms with Crippen LogP contribution in [0, 0.1) is 17.3 Å². The largest absolute Gasteiger partial charge is 0.451 e. The maximum absolute atomic E-state index is 13.2. The van der Waals surface area contributed by atoms with E-state index in [0.717, 1.165) is 0 Å². The number of alkyl halides is 3. The van der Waals surface area contributed by atoms with Crippen molar-refractivity contribution in [1.29, 1.82) is 0 Å². The van der Waals surface area contributed by atoms with E-state index in [1.165, 1.54) is 0 Å². The number of hydrogen-bond acceptors (Lipinski definition) is 6. The molecule has 1 fully saturated rings. The van der Waals surface area contributed by atoms with Gasteiger partial charge in [-0.05, 0) is 29.4 Å². The summed E-state index contributed by atoms with van der Waals surface area (Å²) < 4.78 is 80.6. The lowest BCUT2D eigenvalue weighted by molar-refractivity contribution is -0.218. The van der Waals surface area contributed by atoms with Gasteiger partial charge in [0.05, 0.1) is 35.4 Å². The van der Waals surface area contributed by atoms with Gasteiger partial charge in [-0.15, -0.1) is 0 Å². The van der Waals surface area contributed by atoms with E-state index in [9.17, 15) is 31.2 Å². The fourth-order valence-corrected chi connectivity index (χ4v) is 4.86. The minimum Gasteiger partial charge on any atom is -0.451 e. The standard InChI is InChI=1S/C21H24B3F3O7S/c1-20(2)5-14(18(28)33-16(21(25,26)27)10-35(30,31)32)15(6-20)19(29)34-17-12(8-23)3-11(7-22)4-13(17)9-24/h3-4,14-16H,5-10H2,1-2H3,(H,30,31,32). The van der Waals surface area contributed by atoms with Crippen molar-refractivity contribution in [3.8, 4) is 5.75 Å². The molecule has 0 saturated heterocycles. The van der Waals surface area contributed by atoms with Gasteiger partial charge in [0, 0.05) is 0 Å². The van der Waals surface area contributed by atoms with Crippen LogP contribution in [0.4, 0.5) is 13.2 Å². The van der Waals surface area contributed by atoms with Gasteiger partial charge in [0.15, 0.2) is 0 Å². The number of halogens is 3. The van der Waals surface area contributed by atoms with Gasteiger partial charge in [-0.3, -0.25) is 14.1 Å². The predicted octanol–water partition coefficient (Wildman–Crippen LogP) is 2.01. The van der Waals surface area contributed by atoms with Crippen molar-refractivity contribution < 1.29 is 45.2 Å². The van der Waals surface area contributed by atoms with Crippen LogP contribution < -0.4 is 4.74 Å². The lowest BCUT2D eigenvalue weighted by Gasteiger charge is -2.24. The molecule has 0 aliphatic heterocycles. The summed E-state index contributed by atoms with van der Waals surface area (Å²) in [4.78, 5) is 25.8. The first-order valence-corrected chi connectivity index (χ1v) is 12.3. The highest BCUT2D eigenvalue weighted by atomic mass is 32.2. The monoisotopic (exact) mass is 510 g/mol. The zero-order valence-electron chi connectivity index (χ0n) is 19.3. The third kappa shape index (κ3) is 7.77. The zero-order chi connectivity index (χ0) is 26.8. The maximum Gasteiger partial charge on any atom is 0.426 e. The second-order valence-electron chi connectivity index (χ2n) is 9.28. The summed E-state index contributed by atoms with van der Waals surface area (Å²) in [6, 6.07) is 3.27. The van der Waals surface area contributed by atoms with Crippen molar-refractivity contribution in [2.24, 2.45) is 17.3 Å². The van der Waals surface area contributed by atoms with Crippen LogP contribution in [0.25, 0.3) is 0 Å². The van der Waals surface area contributed by atoms with E-state index >= 15 is 0 Å². The Labute approximate surface area is 206 Å². The second-order valence-corrected chi connectivity index (χ2v) is 10.8. The molecule has 0 heterocycles. The quantitative estimate of drug-likeness (QED) is 0.235. The molecule has 14 heteroatoms. The lowest BCUT2D eigenvalue weighted by atomic mass is 9.85. The molecule has 186 valence electrons. The molecular formula is C21H24B3F3O7S. The molecule has 0 amide bonds. The van der Waals surface area contributed by atoms with E-state index in [1.807, 2.05) is 0 Å². The Balaban J connectivity index is 2.34. The molecular weight excluding hydrogens is 486 g/mol. The van der Waals surface area contributed by atoms with Crippen LogP contribution in [0.5, 0.6) is 5.75 Å². The van der Waals surface area contributed by atoms with E-state index in [0.29, 0.717) is 16.7 Å². The molecule has 35 heavy (non-hydrogen) atoms. The first-order valence-electron chi connectivity index (χ1n) is 10.7. The Hall–Kier alpha value is -1.95. The van der Waals surface area contributed by atoms with Gasteiger partial charge in [-0.1, -0.05) is 50.5 Å². The molecule has 3 unspecified atom stereocenters. The Morgan fingerprint density at radius 2 is 1.54 bits per heavy atom. The van der Waals surface area contributed by atoms with Gasteiger partial charge in [0.2, 0.25) is 6.10 Å². The van der Waals surface area contributed by atoms with Crippen molar-refractivity contribution in [2.45, 2.75) is 57.9 Å². The predicted molar refractivity (Wildman–Crippen MR) is 123 cm³/mol. The molecule has 0 bridgehead atoms. The highest BCUT2D eigenvalue weighted by Gasteiger charge is 2.51. The van der Waals surface area contributed by atoms with Gasteiger partial charge in [-0.2, -0.15) is 21.6 Å². The molecule has 1 aromatic rings. The van der Waals surface area contributed by atoms with E-state index < -0.39 is 57.3 Å².